The summed E-state index contributed by atoms with van der Waals surface area (Å²) < 4.78 is 6.16. The largest absolute Gasteiger partial charge is 0.375 e. The minimum absolute atomic E-state index is 0.105. The molecule has 4 atom stereocenters. The lowest BCUT2D eigenvalue weighted by Gasteiger charge is -2.61. The summed E-state index contributed by atoms with van der Waals surface area (Å²) in [5.74, 6) is 1.55. The second kappa shape index (κ2) is 4.51. The summed E-state index contributed by atoms with van der Waals surface area (Å²) in [6.07, 6.45) is 6.79. The van der Waals surface area contributed by atoms with Crippen LogP contribution in [0.4, 0.5) is 0 Å². The Labute approximate surface area is 114 Å². The van der Waals surface area contributed by atoms with Crippen LogP contribution in [0, 0.1) is 22.7 Å². The summed E-state index contributed by atoms with van der Waals surface area (Å²) in [4.78, 5) is 0. The molecule has 0 radical (unpaired) electrons. The first-order chi connectivity index (χ1) is 8.26. The van der Waals surface area contributed by atoms with Gasteiger partial charge in [0.25, 0.3) is 0 Å². The van der Waals surface area contributed by atoms with E-state index in [1.165, 1.54) is 32.1 Å². The number of hydrogen-bond acceptors (Lipinski definition) is 1. The molecule has 2 fully saturated rings. The van der Waals surface area contributed by atoms with Crippen molar-refractivity contribution in [3.63, 3.8) is 0 Å². The van der Waals surface area contributed by atoms with E-state index in [0.717, 1.165) is 12.5 Å². The molecule has 0 saturated heterocycles. The number of rotatable bonds is 2. The molecule has 0 N–H and O–H groups in total. The van der Waals surface area contributed by atoms with Crippen LogP contribution in [0.3, 0.4) is 0 Å². The van der Waals surface area contributed by atoms with Crippen molar-refractivity contribution in [2.24, 2.45) is 22.7 Å². The van der Waals surface area contributed by atoms with Crippen molar-refractivity contribution in [1.82, 2.24) is 0 Å². The third-order valence-electron chi connectivity index (χ3n) is 6.58. The Kier molecular flexibility index (Phi) is 3.60. The molecule has 2 aliphatic carbocycles. The fraction of sp³-hybridized carbons (Fsp3) is 1.00. The van der Waals surface area contributed by atoms with Crippen LogP contribution in [0.15, 0.2) is 0 Å². The maximum Gasteiger partial charge on any atom is 0.0685 e. The monoisotopic (exact) mass is 252 g/mol. The molecule has 0 aromatic rings. The quantitative estimate of drug-likeness (QED) is 0.668. The van der Waals surface area contributed by atoms with Crippen LogP contribution in [0.25, 0.3) is 0 Å². The Bertz CT molecular complexity index is 309. The maximum atomic E-state index is 6.16. The molecule has 0 amide bonds. The van der Waals surface area contributed by atoms with E-state index in [-0.39, 0.29) is 5.60 Å². The number of hydrogen-bond donors (Lipinski definition) is 0. The SMILES string of the molecule is CCO[C@]1(C)CC[C@H]2C(C)(C)CCC[C@]2(C)[C@@H]1C. The zero-order chi connectivity index (χ0) is 13.6. The number of fused-ring (bicyclic) bond motifs is 1. The Hall–Kier alpha value is -0.0400. The van der Waals surface area contributed by atoms with Gasteiger partial charge in [0, 0.05) is 6.61 Å². The second-order valence-corrected chi connectivity index (χ2v) is 7.91. The van der Waals surface area contributed by atoms with Crippen LogP contribution >= 0.6 is 0 Å². The second-order valence-electron chi connectivity index (χ2n) is 7.91. The topological polar surface area (TPSA) is 9.23 Å². The lowest BCUT2D eigenvalue weighted by atomic mass is 9.46. The molecular weight excluding hydrogens is 220 g/mol. The highest BCUT2D eigenvalue weighted by atomic mass is 16.5. The predicted molar refractivity (Wildman–Crippen MR) is 77.7 cm³/mol. The molecule has 0 heterocycles. The van der Waals surface area contributed by atoms with Gasteiger partial charge in [-0.1, -0.05) is 34.1 Å². The van der Waals surface area contributed by atoms with Crippen molar-refractivity contribution >= 4 is 0 Å². The smallest absolute Gasteiger partial charge is 0.0685 e. The first-order valence-electron chi connectivity index (χ1n) is 7.90. The molecule has 106 valence electrons. The molecule has 1 nitrogen and oxygen atoms in total. The molecule has 2 aliphatic rings. The highest BCUT2D eigenvalue weighted by Gasteiger charge is 2.56. The fourth-order valence-electron chi connectivity index (χ4n) is 5.28. The van der Waals surface area contributed by atoms with Gasteiger partial charge in [-0.2, -0.15) is 0 Å². The highest BCUT2D eigenvalue weighted by Crippen LogP contribution is 2.62. The lowest BCUT2D eigenvalue weighted by molar-refractivity contribution is -0.183. The predicted octanol–water partition coefficient (Wildman–Crippen LogP) is 5.04. The van der Waals surface area contributed by atoms with Crippen molar-refractivity contribution in [3.8, 4) is 0 Å². The summed E-state index contributed by atoms with van der Waals surface area (Å²) in [6, 6.07) is 0. The van der Waals surface area contributed by atoms with Crippen LogP contribution in [0.2, 0.25) is 0 Å². The third kappa shape index (κ3) is 2.03. The minimum atomic E-state index is 0.105. The van der Waals surface area contributed by atoms with Gasteiger partial charge in [-0.25, -0.2) is 0 Å². The average molecular weight is 252 g/mol. The van der Waals surface area contributed by atoms with Crippen LogP contribution < -0.4 is 0 Å². The zero-order valence-corrected chi connectivity index (χ0v) is 13.3. The fourth-order valence-corrected chi connectivity index (χ4v) is 5.28. The molecule has 0 aliphatic heterocycles. The molecule has 2 rings (SSSR count). The van der Waals surface area contributed by atoms with Gasteiger partial charge >= 0.3 is 0 Å². The van der Waals surface area contributed by atoms with Gasteiger partial charge in [0.1, 0.15) is 0 Å². The van der Waals surface area contributed by atoms with Crippen molar-refractivity contribution in [3.05, 3.63) is 0 Å². The molecule has 0 aromatic carbocycles. The van der Waals surface area contributed by atoms with E-state index in [1.54, 1.807) is 0 Å². The van der Waals surface area contributed by atoms with Gasteiger partial charge < -0.3 is 4.74 Å². The van der Waals surface area contributed by atoms with E-state index in [1.807, 2.05) is 0 Å². The first-order valence-corrected chi connectivity index (χ1v) is 7.90. The van der Waals surface area contributed by atoms with E-state index in [4.69, 9.17) is 4.74 Å². The molecule has 2 saturated carbocycles. The van der Waals surface area contributed by atoms with Crippen LogP contribution in [0.1, 0.15) is 73.6 Å². The molecule has 0 unspecified atom stereocenters. The van der Waals surface area contributed by atoms with E-state index in [0.29, 0.717) is 16.7 Å². The van der Waals surface area contributed by atoms with Gasteiger partial charge in [0.15, 0.2) is 0 Å². The summed E-state index contributed by atoms with van der Waals surface area (Å²) in [7, 11) is 0. The van der Waals surface area contributed by atoms with Gasteiger partial charge in [0.2, 0.25) is 0 Å². The normalized spacial score (nSPS) is 47.7. The summed E-state index contributed by atoms with van der Waals surface area (Å²) >= 11 is 0. The Balaban J connectivity index is 2.29. The van der Waals surface area contributed by atoms with Crippen molar-refractivity contribution in [1.29, 1.82) is 0 Å². The molecular formula is C17H32O. The average Bonchev–Trinajstić information content (AvgIpc) is 2.25. The highest BCUT2D eigenvalue weighted by molar-refractivity contribution is 5.06. The number of ether oxygens (including phenoxy) is 1. The van der Waals surface area contributed by atoms with Crippen LogP contribution in [-0.4, -0.2) is 12.2 Å². The van der Waals surface area contributed by atoms with Gasteiger partial charge in [-0.15, -0.1) is 0 Å². The zero-order valence-electron chi connectivity index (χ0n) is 13.3. The minimum Gasteiger partial charge on any atom is -0.375 e. The summed E-state index contributed by atoms with van der Waals surface area (Å²) in [5.41, 5.74) is 1.10. The lowest BCUT2D eigenvalue weighted by Crippen LogP contribution is -2.57. The first kappa shape index (κ1) is 14.4. The van der Waals surface area contributed by atoms with Gasteiger partial charge in [-0.05, 0) is 62.2 Å². The molecule has 0 bridgehead atoms. The third-order valence-corrected chi connectivity index (χ3v) is 6.58. The standard InChI is InChI=1S/C17H32O/c1-7-18-17(6)12-9-14-15(3,4)10-8-11-16(14,5)13(17)2/h13-14H,7-12H2,1-6H3/t13-,14-,16+,17+/m0/s1. The van der Waals surface area contributed by atoms with Crippen LogP contribution in [-0.2, 0) is 4.74 Å². The summed E-state index contributed by atoms with van der Waals surface area (Å²) in [6.45, 7) is 15.3. The van der Waals surface area contributed by atoms with E-state index < -0.39 is 0 Å². The summed E-state index contributed by atoms with van der Waals surface area (Å²) in [5, 5.41) is 0. The Morgan fingerprint density at radius 1 is 1.06 bits per heavy atom. The van der Waals surface area contributed by atoms with Crippen molar-refractivity contribution in [2.75, 3.05) is 6.61 Å². The Morgan fingerprint density at radius 2 is 1.72 bits per heavy atom. The van der Waals surface area contributed by atoms with Crippen LogP contribution in [0.5, 0.6) is 0 Å². The molecule has 18 heavy (non-hydrogen) atoms. The van der Waals surface area contributed by atoms with Gasteiger partial charge in [-0.3, -0.25) is 0 Å². The van der Waals surface area contributed by atoms with E-state index >= 15 is 0 Å². The van der Waals surface area contributed by atoms with Crippen molar-refractivity contribution < 1.29 is 4.74 Å². The molecule has 0 spiro atoms. The van der Waals surface area contributed by atoms with E-state index in [2.05, 4.69) is 41.5 Å². The molecule has 1 heteroatoms. The van der Waals surface area contributed by atoms with Gasteiger partial charge in [0.05, 0.1) is 5.60 Å². The van der Waals surface area contributed by atoms with E-state index in [9.17, 15) is 0 Å². The molecule has 0 aromatic heterocycles. The maximum absolute atomic E-state index is 6.16. The Morgan fingerprint density at radius 3 is 2.33 bits per heavy atom. The van der Waals surface area contributed by atoms with Crippen molar-refractivity contribution in [2.45, 2.75) is 79.2 Å².